The number of aliphatic hydroxyl groups excluding tert-OH is 1. The summed E-state index contributed by atoms with van der Waals surface area (Å²) in [4.78, 5) is 12.4. The average molecular weight is 432 g/mol. The Balaban J connectivity index is 0.00000338. The normalized spacial score (nSPS) is 20.8. The molecule has 2 rings (SSSR count). The summed E-state index contributed by atoms with van der Waals surface area (Å²) >= 11 is 0. The van der Waals surface area contributed by atoms with Crippen molar-refractivity contribution in [3.05, 3.63) is 42.3 Å². The maximum absolute atomic E-state index is 12.4. The van der Waals surface area contributed by atoms with E-state index in [1.54, 1.807) is 0 Å². The second-order valence-electron chi connectivity index (χ2n) is 7.62. The molecule has 0 amide bonds. The molecule has 0 saturated heterocycles. The molecule has 1 fully saturated rings. The van der Waals surface area contributed by atoms with Gasteiger partial charge in [-0.05, 0) is 36.3 Å². The molecule has 1 aromatic carbocycles. The van der Waals surface area contributed by atoms with Gasteiger partial charge in [0.2, 0.25) is 0 Å². The molecule has 0 heterocycles. The van der Waals surface area contributed by atoms with Crippen LogP contribution in [-0.2, 0) is 37.5 Å². The van der Waals surface area contributed by atoms with Crippen LogP contribution in [0.1, 0.15) is 101 Å². The predicted octanol–water partition coefficient (Wildman–Crippen LogP) is 6.15. The van der Waals surface area contributed by atoms with Gasteiger partial charge in [-0.2, -0.15) is 6.42 Å². The smallest absolute Gasteiger partial charge is 0.140 e. The third-order valence-corrected chi connectivity index (χ3v) is 5.67. The number of hydrogen-bond donors (Lipinski definition) is 1. The molecule has 3 heteroatoms. The number of hydrogen-bond acceptors (Lipinski definition) is 2. The Morgan fingerprint density at radius 3 is 2.50 bits per heavy atom. The molecule has 3 atom stereocenters. The Bertz CT molecular complexity index is 511. The van der Waals surface area contributed by atoms with Crippen LogP contribution in [0.3, 0.4) is 0 Å². The van der Waals surface area contributed by atoms with Crippen molar-refractivity contribution in [2.75, 3.05) is 0 Å². The fourth-order valence-electron chi connectivity index (χ4n) is 4.12. The van der Waals surface area contributed by atoms with E-state index in [-0.39, 0.29) is 44.7 Å². The molecule has 0 bridgehead atoms. The van der Waals surface area contributed by atoms with Gasteiger partial charge in [0.15, 0.2) is 0 Å². The largest absolute Gasteiger partial charge is 0.388 e. The maximum atomic E-state index is 12.4. The van der Waals surface area contributed by atoms with Gasteiger partial charge in [-0.25, -0.2) is 0 Å². The van der Waals surface area contributed by atoms with Crippen LogP contribution >= 0.6 is 0 Å². The second-order valence-corrected chi connectivity index (χ2v) is 7.62. The summed E-state index contributed by atoms with van der Waals surface area (Å²) in [5.74, 6) is 0.974. The Morgan fingerprint density at radius 1 is 1.12 bits per heavy atom. The Labute approximate surface area is 185 Å². The van der Waals surface area contributed by atoms with E-state index in [2.05, 4.69) is 26.0 Å². The summed E-state index contributed by atoms with van der Waals surface area (Å²) in [5.41, 5.74) is 2.13. The predicted molar refractivity (Wildman–Crippen MR) is 104 cm³/mol. The fourth-order valence-corrected chi connectivity index (χ4v) is 4.12. The SMILES string of the molecule is [CH2-]CCCCC[C@H]1CCC(=O)[C@@H]1c1ccc(C(O)CCCCC)cc1.[Y]. The number of carbonyl (C=O) groups is 1. The zero-order valence-electron chi connectivity index (χ0n) is 16.5. The summed E-state index contributed by atoms with van der Waals surface area (Å²) < 4.78 is 0. The third-order valence-electron chi connectivity index (χ3n) is 5.67. The first-order valence-corrected chi connectivity index (χ1v) is 10.3. The van der Waals surface area contributed by atoms with Gasteiger partial charge in [0.1, 0.15) is 5.78 Å². The van der Waals surface area contributed by atoms with Crippen molar-refractivity contribution in [3.63, 3.8) is 0 Å². The minimum Gasteiger partial charge on any atom is -0.388 e. The van der Waals surface area contributed by atoms with Gasteiger partial charge in [-0.15, -0.1) is 0 Å². The van der Waals surface area contributed by atoms with Crippen LogP contribution in [0.4, 0.5) is 0 Å². The van der Waals surface area contributed by atoms with E-state index in [1.165, 1.54) is 32.1 Å². The van der Waals surface area contributed by atoms with Crippen molar-refractivity contribution in [2.45, 2.75) is 89.6 Å². The first-order chi connectivity index (χ1) is 12.2. The Kier molecular flexibility index (Phi) is 12.2. The van der Waals surface area contributed by atoms with Crippen LogP contribution in [0.2, 0.25) is 0 Å². The minimum absolute atomic E-state index is 0. The molecule has 1 aliphatic carbocycles. The van der Waals surface area contributed by atoms with Crippen molar-refractivity contribution in [1.29, 1.82) is 0 Å². The Hall–Kier alpha value is -0.0461. The molecule has 143 valence electrons. The molecule has 1 unspecified atom stereocenters. The standard InChI is InChI=1S/C23H35O2.Y/c1-3-5-7-9-10-19-16-17-22(25)23(19)20-14-12-18(13-15-20)21(24)11-8-6-4-2;/h12-15,19,21,23-24H,1,3-11,16-17H2,2H3;/q-1;/t19-,21?,23-;/m0./s1. The van der Waals surface area contributed by atoms with E-state index in [0.717, 1.165) is 49.7 Å². The molecule has 1 aliphatic rings. The summed E-state index contributed by atoms with van der Waals surface area (Å²) in [6, 6.07) is 8.21. The molecule has 1 saturated carbocycles. The van der Waals surface area contributed by atoms with Crippen molar-refractivity contribution in [1.82, 2.24) is 0 Å². The zero-order valence-corrected chi connectivity index (χ0v) is 19.3. The van der Waals surface area contributed by atoms with Gasteiger partial charge in [-0.1, -0.05) is 69.7 Å². The molecule has 1 N–H and O–H groups in total. The van der Waals surface area contributed by atoms with Crippen LogP contribution in [0.25, 0.3) is 0 Å². The average Bonchev–Trinajstić information content (AvgIpc) is 2.99. The first-order valence-electron chi connectivity index (χ1n) is 10.3. The summed E-state index contributed by atoms with van der Waals surface area (Å²) in [6.45, 7) is 6.08. The Morgan fingerprint density at radius 2 is 1.85 bits per heavy atom. The summed E-state index contributed by atoms with van der Waals surface area (Å²) in [7, 11) is 0. The van der Waals surface area contributed by atoms with E-state index < -0.39 is 0 Å². The molecule has 0 spiro atoms. The summed E-state index contributed by atoms with van der Waals surface area (Å²) in [5, 5.41) is 10.3. The van der Waals surface area contributed by atoms with Crippen LogP contribution in [0.15, 0.2) is 24.3 Å². The molecule has 1 radical (unpaired) electrons. The van der Waals surface area contributed by atoms with E-state index in [0.29, 0.717) is 11.7 Å². The van der Waals surface area contributed by atoms with Crippen molar-refractivity contribution in [3.8, 4) is 0 Å². The first kappa shape index (κ1) is 24.0. The van der Waals surface area contributed by atoms with Crippen molar-refractivity contribution < 1.29 is 42.6 Å². The molecular formula is C23H35O2Y-. The topological polar surface area (TPSA) is 37.3 Å². The monoisotopic (exact) mass is 432 g/mol. The number of rotatable bonds is 11. The van der Waals surface area contributed by atoms with Gasteiger partial charge >= 0.3 is 0 Å². The molecule has 1 aromatic rings. The van der Waals surface area contributed by atoms with Gasteiger partial charge in [0.05, 0.1) is 6.10 Å². The second kappa shape index (κ2) is 13.2. The van der Waals surface area contributed by atoms with Gasteiger partial charge in [-0.3, -0.25) is 4.79 Å². The molecule has 0 aromatic heterocycles. The number of unbranched alkanes of at least 4 members (excludes halogenated alkanes) is 5. The third kappa shape index (κ3) is 7.17. The van der Waals surface area contributed by atoms with Gasteiger partial charge in [0, 0.05) is 45.0 Å². The number of Topliss-reactive ketones (excluding diaryl/α,β-unsaturated/α-hetero) is 1. The van der Waals surface area contributed by atoms with Crippen molar-refractivity contribution in [2.24, 2.45) is 5.92 Å². The van der Waals surface area contributed by atoms with Gasteiger partial charge < -0.3 is 12.0 Å². The van der Waals surface area contributed by atoms with Gasteiger partial charge in [0.25, 0.3) is 0 Å². The maximum Gasteiger partial charge on any atom is 0.140 e. The van der Waals surface area contributed by atoms with Crippen LogP contribution in [0.5, 0.6) is 0 Å². The number of ketones is 1. The van der Waals surface area contributed by atoms with Crippen LogP contribution in [0, 0.1) is 12.8 Å². The quantitative estimate of drug-likeness (QED) is 0.337. The van der Waals surface area contributed by atoms with Crippen LogP contribution < -0.4 is 0 Å². The van der Waals surface area contributed by atoms with E-state index >= 15 is 0 Å². The molecule has 2 nitrogen and oxygen atoms in total. The zero-order chi connectivity index (χ0) is 18.1. The van der Waals surface area contributed by atoms with E-state index in [4.69, 9.17) is 0 Å². The van der Waals surface area contributed by atoms with E-state index in [1.807, 2.05) is 12.1 Å². The van der Waals surface area contributed by atoms with Crippen LogP contribution in [-0.4, -0.2) is 10.9 Å². The molecular weight excluding hydrogens is 397 g/mol. The number of aliphatic hydroxyl groups is 1. The fraction of sp³-hybridized carbons (Fsp3) is 0.652. The van der Waals surface area contributed by atoms with Crippen molar-refractivity contribution >= 4 is 5.78 Å². The molecule has 26 heavy (non-hydrogen) atoms. The minimum atomic E-state index is -0.377. The molecule has 0 aliphatic heterocycles. The van der Waals surface area contributed by atoms with E-state index in [9.17, 15) is 9.90 Å². The summed E-state index contributed by atoms with van der Waals surface area (Å²) in [6.07, 6.45) is 11.4. The number of carbonyl (C=O) groups excluding carboxylic acids is 1. The number of benzene rings is 1.